The molecule has 0 radical (unpaired) electrons. The lowest BCUT2D eigenvalue weighted by molar-refractivity contribution is 0.0192. The highest BCUT2D eigenvalue weighted by Gasteiger charge is 2.30. The van der Waals surface area contributed by atoms with Gasteiger partial charge < -0.3 is 15.4 Å². The molecule has 5 nitrogen and oxygen atoms in total. The number of ketones is 1. The van der Waals surface area contributed by atoms with Gasteiger partial charge in [-0.1, -0.05) is 37.3 Å². The fourth-order valence-corrected chi connectivity index (χ4v) is 5.49. The number of carbonyl (C=O) groups is 2. The molecule has 1 aromatic carbocycles. The number of likely N-dealkylation sites (tertiary alicyclic amines) is 1. The van der Waals surface area contributed by atoms with Gasteiger partial charge in [0, 0.05) is 16.5 Å². The van der Waals surface area contributed by atoms with E-state index in [2.05, 4.69) is 4.90 Å². The lowest BCUT2D eigenvalue weighted by Gasteiger charge is -2.35. The molecular formula is C25H37ClN2O3. The van der Waals surface area contributed by atoms with E-state index < -0.39 is 11.7 Å². The fourth-order valence-electron chi connectivity index (χ4n) is 5.37. The Balaban J connectivity index is 1.34. The topological polar surface area (TPSA) is 72.6 Å². The van der Waals surface area contributed by atoms with E-state index in [-0.39, 0.29) is 11.7 Å². The number of carbonyl (C=O) groups excluding carboxylic acids is 2. The molecule has 1 heterocycles. The monoisotopic (exact) mass is 448 g/mol. The minimum absolute atomic E-state index is 0.138. The summed E-state index contributed by atoms with van der Waals surface area (Å²) in [5.41, 5.74) is 5.49. The van der Waals surface area contributed by atoms with Crippen LogP contribution in [0.25, 0.3) is 0 Å². The van der Waals surface area contributed by atoms with Gasteiger partial charge in [0.25, 0.3) is 0 Å². The van der Waals surface area contributed by atoms with Crippen molar-refractivity contribution in [2.75, 3.05) is 19.6 Å². The molecule has 0 unspecified atom stereocenters. The van der Waals surface area contributed by atoms with Gasteiger partial charge in [-0.05, 0) is 95.3 Å². The Labute approximate surface area is 191 Å². The van der Waals surface area contributed by atoms with Gasteiger partial charge in [-0.25, -0.2) is 4.79 Å². The molecule has 0 atom stereocenters. The Morgan fingerprint density at radius 3 is 2.19 bits per heavy atom. The van der Waals surface area contributed by atoms with Gasteiger partial charge in [0.1, 0.15) is 5.60 Å². The maximum Gasteiger partial charge on any atom is 0.405 e. The zero-order chi connectivity index (χ0) is 22.4. The molecule has 6 heteroatoms. The molecule has 0 bridgehead atoms. The molecule has 1 saturated carbocycles. The first kappa shape index (κ1) is 24.1. The molecule has 3 rings (SSSR count). The molecular weight excluding hydrogens is 412 g/mol. The third-order valence-corrected chi connectivity index (χ3v) is 7.32. The van der Waals surface area contributed by atoms with Crippen LogP contribution in [0.3, 0.4) is 0 Å². The van der Waals surface area contributed by atoms with E-state index in [1.54, 1.807) is 12.1 Å². The Morgan fingerprint density at radius 2 is 1.61 bits per heavy atom. The van der Waals surface area contributed by atoms with E-state index in [1.807, 2.05) is 26.0 Å². The number of piperidine rings is 1. The molecule has 172 valence electrons. The van der Waals surface area contributed by atoms with Crippen molar-refractivity contribution in [3.63, 3.8) is 0 Å². The summed E-state index contributed by atoms with van der Waals surface area (Å²) < 4.78 is 5.26. The van der Waals surface area contributed by atoms with Gasteiger partial charge in [-0.2, -0.15) is 0 Å². The summed E-state index contributed by atoms with van der Waals surface area (Å²) in [4.78, 5) is 26.3. The SMILES string of the molecule is CC(C)(CC1CCC(CCN2CCC(C(=O)c3ccc(Cl)cc3)CC2)CC1)OC(N)=O. The number of halogens is 1. The lowest BCUT2D eigenvalue weighted by atomic mass is 9.76. The number of ether oxygens (including phenoxy) is 1. The van der Waals surface area contributed by atoms with Crippen molar-refractivity contribution < 1.29 is 14.3 Å². The Bertz CT molecular complexity index is 734. The lowest BCUT2D eigenvalue weighted by Crippen LogP contribution is -2.38. The predicted molar refractivity (Wildman–Crippen MR) is 124 cm³/mol. The largest absolute Gasteiger partial charge is 0.444 e. The predicted octanol–water partition coefficient (Wildman–Crippen LogP) is 5.70. The zero-order valence-corrected chi connectivity index (χ0v) is 19.7. The molecule has 0 spiro atoms. The van der Waals surface area contributed by atoms with Crippen molar-refractivity contribution in [3.8, 4) is 0 Å². The van der Waals surface area contributed by atoms with Crippen molar-refractivity contribution in [2.45, 2.75) is 70.8 Å². The number of benzene rings is 1. The Hall–Kier alpha value is -1.59. The van der Waals surface area contributed by atoms with E-state index in [0.29, 0.717) is 10.9 Å². The van der Waals surface area contributed by atoms with E-state index >= 15 is 0 Å². The van der Waals surface area contributed by atoms with Gasteiger partial charge in [0.2, 0.25) is 0 Å². The Kier molecular flexibility index (Phi) is 8.40. The molecule has 1 aliphatic carbocycles. The zero-order valence-electron chi connectivity index (χ0n) is 18.9. The van der Waals surface area contributed by atoms with Crippen LogP contribution >= 0.6 is 11.6 Å². The van der Waals surface area contributed by atoms with E-state index in [0.717, 1.165) is 50.4 Å². The Morgan fingerprint density at radius 1 is 1.03 bits per heavy atom. The quantitative estimate of drug-likeness (QED) is 0.518. The summed E-state index contributed by atoms with van der Waals surface area (Å²) >= 11 is 5.93. The van der Waals surface area contributed by atoms with Gasteiger partial charge in [0.05, 0.1) is 0 Å². The standard InChI is InChI=1S/C25H37ClN2O3/c1-25(2,31-24(27)30)17-19-5-3-18(4-6-19)11-14-28-15-12-21(13-16-28)23(29)20-7-9-22(26)10-8-20/h7-10,18-19,21H,3-6,11-17H2,1-2H3,(H2,27,30). The first-order valence-corrected chi connectivity index (χ1v) is 12.1. The molecule has 2 N–H and O–H groups in total. The minimum atomic E-state index is -0.683. The van der Waals surface area contributed by atoms with Gasteiger partial charge in [-0.15, -0.1) is 0 Å². The summed E-state index contributed by atoms with van der Waals surface area (Å²) in [6, 6.07) is 7.28. The number of amides is 1. The summed E-state index contributed by atoms with van der Waals surface area (Å²) in [7, 11) is 0. The number of rotatable bonds is 8. The second-order valence-corrected chi connectivity index (χ2v) is 10.5. The highest BCUT2D eigenvalue weighted by atomic mass is 35.5. The average molecular weight is 449 g/mol. The van der Waals surface area contributed by atoms with Crippen LogP contribution in [0.4, 0.5) is 4.79 Å². The number of Topliss-reactive ketones (excluding diaryl/α,β-unsaturated/α-hetero) is 1. The second-order valence-electron chi connectivity index (χ2n) is 10.0. The summed E-state index contributed by atoms with van der Waals surface area (Å²) in [6.07, 6.45) is 8.25. The molecule has 1 saturated heterocycles. The van der Waals surface area contributed by atoms with Crippen LogP contribution in [-0.2, 0) is 4.74 Å². The number of nitrogens with two attached hydrogens (primary N) is 1. The molecule has 1 aliphatic heterocycles. The fraction of sp³-hybridized carbons (Fsp3) is 0.680. The highest BCUT2D eigenvalue weighted by Crippen LogP contribution is 2.36. The van der Waals surface area contributed by atoms with Crippen LogP contribution in [-0.4, -0.2) is 42.0 Å². The number of hydrogen-bond donors (Lipinski definition) is 1. The van der Waals surface area contributed by atoms with Crippen molar-refractivity contribution in [3.05, 3.63) is 34.9 Å². The first-order chi connectivity index (χ1) is 14.7. The van der Waals surface area contributed by atoms with Crippen molar-refractivity contribution in [2.24, 2.45) is 23.5 Å². The van der Waals surface area contributed by atoms with E-state index in [1.165, 1.54) is 32.1 Å². The van der Waals surface area contributed by atoms with Crippen LogP contribution in [0.2, 0.25) is 5.02 Å². The van der Waals surface area contributed by atoms with Crippen LogP contribution in [0.1, 0.15) is 75.6 Å². The van der Waals surface area contributed by atoms with Gasteiger partial charge in [0.15, 0.2) is 5.78 Å². The van der Waals surface area contributed by atoms with Gasteiger partial charge in [-0.3, -0.25) is 4.79 Å². The molecule has 31 heavy (non-hydrogen) atoms. The molecule has 2 fully saturated rings. The minimum Gasteiger partial charge on any atom is -0.444 e. The van der Waals surface area contributed by atoms with Crippen molar-refractivity contribution in [1.29, 1.82) is 0 Å². The van der Waals surface area contributed by atoms with Crippen molar-refractivity contribution in [1.82, 2.24) is 4.90 Å². The molecule has 0 aromatic heterocycles. The third-order valence-electron chi connectivity index (χ3n) is 7.06. The van der Waals surface area contributed by atoms with E-state index in [9.17, 15) is 9.59 Å². The maximum atomic E-state index is 12.7. The van der Waals surface area contributed by atoms with Crippen molar-refractivity contribution >= 4 is 23.5 Å². The summed E-state index contributed by atoms with van der Waals surface area (Å²) in [5.74, 6) is 1.79. The van der Waals surface area contributed by atoms with Gasteiger partial charge >= 0.3 is 6.09 Å². The second kappa shape index (κ2) is 10.8. The highest BCUT2D eigenvalue weighted by molar-refractivity contribution is 6.30. The van der Waals surface area contributed by atoms with Crippen LogP contribution in [0, 0.1) is 17.8 Å². The third kappa shape index (κ3) is 7.50. The van der Waals surface area contributed by atoms with Crippen LogP contribution in [0.15, 0.2) is 24.3 Å². The van der Waals surface area contributed by atoms with E-state index in [4.69, 9.17) is 22.1 Å². The normalized spacial score (nSPS) is 23.5. The van der Waals surface area contributed by atoms with Crippen LogP contribution < -0.4 is 5.73 Å². The number of primary amides is 1. The number of nitrogens with zero attached hydrogens (tertiary/aromatic N) is 1. The smallest absolute Gasteiger partial charge is 0.405 e. The molecule has 1 amide bonds. The maximum absolute atomic E-state index is 12.7. The molecule has 1 aromatic rings. The summed E-state index contributed by atoms with van der Waals surface area (Å²) in [6.45, 7) is 7.06. The first-order valence-electron chi connectivity index (χ1n) is 11.7. The summed E-state index contributed by atoms with van der Waals surface area (Å²) in [5, 5.41) is 0.670. The molecule has 2 aliphatic rings. The number of hydrogen-bond acceptors (Lipinski definition) is 4. The van der Waals surface area contributed by atoms with Crippen LogP contribution in [0.5, 0.6) is 0 Å². The average Bonchev–Trinajstić information content (AvgIpc) is 2.72.